The molecule has 2 aromatic rings. The average Bonchev–Trinajstić information content (AvgIpc) is 2.43. The van der Waals surface area contributed by atoms with Crippen molar-refractivity contribution >= 4 is 17.4 Å². The van der Waals surface area contributed by atoms with Crippen LogP contribution in [0.1, 0.15) is 15.9 Å². The van der Waals surface area contributed by atoms with Crippen molar-refractivity contribution in [3.05, 3.63) is 65.2 Å². The molecule has 102 valence electrons. The van der Waals surface area contributed by atoms with Crippen molar-refractivity contribution < 1.29 is 18.4 Å². The molecule has 0 bridgehead atoms. The van der Waals surface area contributed by atoms with E-state index in [9.17, 15) is 18.4 Å². The second-order valence-electron chi connectivity index (χ2n) is 4.28. The first-order valence-electron chi connectivity index (χ1n) is 5.85. The third-order valence-electron chi connectivity index (χ3n) is 2.70. The van der Waals surface area contributed by atoms with Crippen LogP contribution in [0.5, 0.6) is 0 Å². The maximum atomic E-state index is 13.0. The molecule has 0 aliphatic rings. The molecular weight excluding hydrogens is 264 g/mol. The first kappa shape index (κ1) is 13.9. The number of ketones is 1. The summed E-state index contributed by atoms with van der Waals surface area (Å²) in [7, 11) is 0. The maximum absolute atomic E-state index is 13.0. The van der Waals surface area contributed by atoms with Gasteiger partial charge in [0.15, 0.2) is 11.6 Å². The van der Waals surface area contributed by atoms with E-state index in [-0.39, 0.29) is 5.56 Å². The van der Waals surface area contributed by atoms with Gasteiger partial charge in [0.05, 0.1) is 0 Å². The number of nitrogens with one attached hydrogen (secondary N) is 1. The monoisotopic (exact) mass is 275 g/mol. The second kappa shape index (κ2) is 5.61. The molecule has 0 saturated carbocycles. The predicted molar refractivity (Wildman–Crippen MR) is 70.5 cm³/mol. The lowest BCUT2D eigenvalue weighted by Gasteiger charge is -2.05. The zero-order chi connectivity index (χ0) is 14.7. The van der Waals surface area contributed by atoms with Crippen LogP contribution in [0.25, 0.3) is 0 Å². The van der Waals surface area contributed by atoms with Crippen LogP contribution in [0, 0.1) is 18.6 Å². The summed E-state index contributed by atoms with van der Waals surface area (Å²) in [6, 6.07) is 9.41. The Kier molecular flexibility index (Phi) is 3.89. The highest BCUT2D eigenvalue weighted by molar-refractivity contribution is 6.46. The Morgan fingerprint density at radius 3 is 2.20 bits per heavy atom. The van der Waals surface area contributed by atoms with E-state index in [0.717, 1.165) is 17.7 Å². The normalized spacial score (nSPS) is 10.2. The number of benzene rings is 2. The number of Topliss-reactive ketones (excluding diaryl/α,β-unsaturated/α-hetero) is 1. The molecule has 0 spiro atoms. The molecule has 5 heteroatoms. The predicted octanol–water partition coefficient (Wildman–Crippen LogP) is 3.09. The van der Waals surface area contributed by atoms with Crippen molar-refractivity contribution in [1.29, 1.82) is 0 Å². The number of anilines is 1. The van der Waals surface area contributed by atoms with E-state index in [2.05, 4.69) is 5.32 Å². The molecule has 1 N–H and O–H groups in total. The maximum Gasteiger partial charge on any atom is 0.296 e. The molecular formula is C15H11F2NO2. The van der Waals surface area contributed by atoms with Crippen LogP contribution < -0.4 is 5.32 Å². The van der Waals surface area contributed by atoms with E-state index in [0.29, 0.717) is 11.8 Å². The number of rotatable bonds is 3. The fourth-order valence-corrected chi connectivity index (χ4v) is 1.59. The second-order valence-corrected chi connectivity index (χ2v) is 4.28. The topological polar surface area (TPSA) is 46.2 Å². The van der Waals surface area contributed by atoms with Crippen LogP contribution in [0.3, 0.4) is 0 Å². The Bertz CT molecular complexity index is 666. The third kappa shape index (κ3) is 3.06. The summed E-state index contributed by atoms with van der Waals surface area (Å²) in [6.45, 7) is 1.89. The van der Waals surface area contributed by atoms with Gasteiger partial charge in [0.2, 0.25) is 0 Å². The summed E-state index contributed by atoms with van der Waals surface area (Å²) < 4.78 is 25.8. The number of carbonyl (C=O) groups excluding carboxylic acids is 2. The minimum absolute atomic E-state index is 0.200. The molecule has 1 amide bonds. The number of aryl methyl sites for hydroxylation is 1. The van der Waals surface area contributed by atoms with E-state index >= 15 is 0 Å². The van der Waals surface area contributed by atoms with Gasteiger partial charge in [-0.3, -0.25) is 9.59 Å². The molecule has 0 radical (unpaired) electrons. The quantitative estimate of drug-likeness (QED) is 0.691. The zero-order valence-electron chi connectivity index (χ0n) is 10.6. The Morgan fingerprint density at radius 2 is 1.60 bits per heavy atom. The van der Waals surface area contributed by atoms with Crippen molar-refractivity contribution in [1.82, 2.24) is 0 Å². The smallest absolute Gasteiger partial charge is 0.296 e. The van der Waals surface area contributed by atoms with Gasteiger partial charge in [-0.25, -0.2) is 8.78 Å². The van der Waals surface area contributed by atoms with Gasteiger partial charge in [-0.15, -0.1) is 0 Å². The lowest BCUT2D eigenvalue weighted by Crippen LogP contribution is -2.23. The number of hydrogen-bond acceptors (Lipinski definition) is 2. The SMILES string of the molecule is Cc1ccc(NC(=O)C(=O)c2ccc(F)c(F)c2)cc1. The summed E-state index contributed by atoms with van der Waals surface area (Å²) in [4.78, 5) is 23.5. The van der Waals surface area contributed by atoms with Crippen molar-refractivity contribution in [3.8, 4) is 0 Å². The van der Waals surface area contributed by atoms with Crippen LogP contribution in [0.15, 0.2) is 42.5 Å². The lowest BCUT2D eigenvalue weighted by molar-refractivity contribution is -0.112. The molecule has 0 aromatic heterocycles. The summed E-state index contributed by atoms with van der Waals surface area (Å²) in [5.41, 5.74) is 1.26. The molecule has 2 aromatic carbocycles. The molecule has 0 atom stereocenters. The largest absolute Gasteiger partial charge is 0.319 e. The molecule has 0 heterocycles. The van der Waals surface area contributed by atoms with Crippen LogP contribution in [-0.4, -0.2) is 11.7 Å². The number of hydrogen-bond donors (Lipinski definition) is 1. The van der Waals surface area contributed by atoms with Gasteiger partial charge < -0.3 is 5.32 Å². The van der Waals surface area contributed by atoms with E-state index in [4.69, 9.17) is 0 Å². The van der Waals surface area contributed by atoms with E-state index in [1.54, 1.807) is 24.3 Å². The van der Waals surface area contributed by atoms with E-state index in [1.165, 1.54) is 0 Å². The van der Waals surface area contributed by atoms with Crippen LogP contribution in [0.2, 0.25) is 0 Å². The number of halogens is 2. The first-order chi connectivity index (χ1) is 9.47. The fourth-order valence-electron chi connectivity index (χ4n) is 1.59. The highest BCUT2D eigenvalue weighted by atomic mass is 19.2. The fraction of sp³-hybridized carbons (Fsp3) is 0.0667. The van der Waals surface area contributed by atoms with Crippen molar-refractivity contribution in [2.24, 2.45) is 0 Å². The number of carbonyl (C=O) groups is 2. The Morgan fingerprint density at radius 1 is 0.950 bits per heavy atom. The van der Waals surface area contributed by atoms with Crippen LogP contribution in [-0.2, 0) is 4.79 Å². The third-order valence-corrected chi connectivity index (χ3v) is 2.70. The molecule has 0 aliphatic carbocycles. The standard InChI is InChI=1S/C15H11F2NO2/c1-9-2-5-11(6-3-9)18-15(20)14(19)10-4-7-12(16)13(17)8-10/h2-8H,1H3,(H,18,20). The molecule has 0 fully saturated rings. The van der Waals surface area contributed by atoms with Crippen molar-refractivity contribution in [2.45, 2.75) is 6.92 Å². The Balaban J connectivity index is 2.14. The van der Waals surface area contributed by atoms with Gasteiger partial charge in [0.1, 0.15) is 0 Å². The van der Waals surface area contributed by atoms with E-state index in [1.807, 2.05) is 6.92 Å². The molecule has 20 heavy (non-hydrogen) atoms. The van der Waals surface area contributed by atoms with Gasteiger partial charge in [0, 0.05) is 11.3 Å². The molecule has 0 unspecified atom stereocenters. The van der Waals surface area contributed by atoms with Gasteiger partial charge in [0.25, 0.3) is 11.7 Å². The van der Waals surface area contributed by atoms with Crippen molar-refractivity contribution in [3.63, 3.8) is 0 Å². The average molecular weight is 275 g/mol. The summed E-state index contributed by atoms with van der Waals surface area (Å²) in [5.74, 6) is -4.07. The van der Waals surface area contributed by atoms with Gasteiger partial charge in [-0.05, 0) is 37.3 Å². The minimum atomic E-state index is -1.17. The first-order valence-corrected chi connectivity index (χ1v) is 5.85. The summed E-state index contributed by atoms with van der Waals surface area (Å²) in [5, 5.41) is 2.40. The molecule has 2 rings (SSSR count). The Hall–Kier alpha value is -2.56. The number of amides is 1. The summed E-state index contributed by atoms with van der Waals surface area (Å²) >= 11 is 0. The van der Waals surface area contributed by atoms with Crippen LogP contribution >= 0.6 is 0 Å². The molecule has 0 aliphatic heterocycles. The van der Waals surface area contributed by atoms with Gasteiger partial charge >= 0.3 is 0 Å². The van der Waals surface area contributed by atoms with Gasteiger partial charge in [-0.2, -0.15) is 0 Å². The lowest BCUT2D eigenvalue weighted by atomic mass is 10.1. The van der Waals surface area contributed by atoms with Gasteiger partial charge in [-0.1, -0.05) is 17.7 Å². The highest BCUT2D eigenvalue weighted by Gasteiger charge is 2.18. The minimum Gasteiger partial charge on any atom is -0.319 e. The Labute approximate surface area is 114 Å². The zero-order valence-corrected chi connectivity index (χ0v) is 10.6. The van der Waals surface area contributed by atoms with Crippen molar-refractivity contribution in [2.75, 3.05) is 5.32 Å². The molecule has 0 saturated heterocycles. The summed E-state index contributed by atoms with van der Waals surface area (Å²) in [6.07, 6.45) is 0. The van der Waals surface area contributed by atoms with Crippen LogP contribution in [0.4, 0.5) is 14.5 Å². The highest BCUT2D eigenvalue weighted by Crippen LogP contribution is 2.12. The van der Waals surface area contributed by atoms with E-state index < -0.39 is 23.3 Å². The molecule has 3 nitrogen and oxygen atoms in total.